The maximum Gasteiger partial charge on any atom is 0.236 e. The van der Waals surface area contributed by atoms with Gasteiger partial charge in [-0.1, -0.05) is 72.7 Å². The predicted molar refractivity (Wildman–Crippen MR) is 113 cm³/mol. The van der Waals surface area contributed by atoms with Crippen molar-refractivity contribution in [1.29, 1.82) is 0 Å². The molecule has 1 atom stereocenters. The van der Waals surface area contributed by atoms with Crippen LogP contribution in [0.25, 0.3) is 0 Å². The van der Waals surface area contributed by atoms with E-state index in [1.807, 2.05) is 25.1 Å². The molecule has 7 heteroatoms. The van der Waals surface area contributed by atoms with Gasteiger partial charge >= 0.3 is 0 Å². The molecular formula is C20H28N4OS2. The fourth-order valence-corrected chi connectivity index (χ4v) is 5.49. The number of thioether (sulfide) groups is 1. The summed E-state index contributed by atoms with van der Waals surface area (Å²) in [7, 11) is 0. The number of benzene rings is 1. The molecule has 0 bridgehead atoms. The molecule has 1 heterocycles. The standard InChI is InChI=1S/C20H28N4OS2/c1-3-24(17-12-8-5-9-13-17)18(25)15(2)26-20-23-22-19(27-20)21-14-16-10-6-4-7-11-16/h4,6-7,10-11,15,17H,3,5,8-9,12-14H2,1-2H3,(H,21,22). The molecule has 1 aliphatic carbocycles. The third kappa shape index (κ3) is 5.69. The lowest BCUT2D eigenvalue weighted by Crippen LogP contribution is -2.44. The molecule has 146 valence electrons. The van der Waals surface area contributed by atoms with Gasteiger partial charge in [-0.15, -0.1) is 10.2 Å². The molecule has 1 amide bonds. The second-order valence-corrected chi connectivity index (χ2v) is 9.45. The van der Waals surface area contributed by atoms with Gasteiger partial charge in [0.05, 0.1) is 5.25 Å². The number of anilines is 1. The van der Waals surface area contributed by atoms with E-state index in [2.05, 4.69) is 39.5 Å². The van der Waals surface area contributed by atoms with E-state index in [1.54, 1.807) is 0 Å². The minimum Gasteiger partial charge on any atom is -0.356 e. The van der Waals surface area contributed by atoms with Crippen LogP contribution in [0.2, 0.25) is 0 Å². The molecule has 1 fully saturated rings. The molecule has 2 aromatic rings. The minimum atomic E-state index is -0.137. The van der Waals surface area contributed by atoms with Crippen molar-refractivity contribution in [3.63, 3.8) is 0 Å². The first-order chi connectivity index (χ1) is 13.2. The summed E-state index contributed by atoms with van der Waals surface area (Å²) in [4.78, 5) is 15.0. The highest BCUT2D eigenvalue weighted by Crippen LogP contribution is 2.31. The average molecular weight is 405 g/mol. The van der Waals surface area contributed by atoms with Gasteiger partial charge in [0.1, 0.15) is 0 Å². The van der Waals surface area contributed by atoms with Gasteiger partial charge < -0.3 is 10.2 Å². The summed E-state index contributed by atoms with van der Waals surface area (Å²) in [6.07, 6.45) is 6.06. The third-order valence-electron chi connectivity index (χ3n) is 4.96. The fraction of sp³-hybridized carbons (Fsp3) is 0.550. The Hall–Kier alpha value is -1.60. The molecule has 1 unspecified atom stereocenters. The zero-order valence-electron chi connectivity index (χ0n) is 16.1. The van der Waals surface area contributed by atoms with E-state index in [0.717, 1.165) is 35.4 Å². The molecule has 0 aliphatic heterocycles. The highest BCUT2D eigenvalue weighted by atomic mass is 32.2. The lowest BCUT2D eigenvalue weighted by atomic mass is 9.94. The summed E-state index contributed by atoms with van der Waals surface area (Å²) in [6, 6.07) is 10.6. The van der Waals surface area contributed by atoms with E-state index in [4.69, 9.17) is 0 Å². The SMILES string of the molecule is CCN(C(=O)C(C)Sc1nnc(NCc2ccccc2)s1)C1CCCCC1. The topological polar surface area (TPSA) is 58.1 Å². The van der Waals surface area contributed by atoms with Crippen molar-refractivity contribution < 1.29 is 4.79 Å². The van der Waals surface area contributed by atoms with Crippen LogP contribution in [0.1, 0.15) is 51.5 Å². The highest BCUT2D eigenvalue weighted by Gasteiger charge is 2.28. The lowest BCUT2D eigenvalue weighted by molar-refractivity contribution is -0.133. The molecule has 1 saturated carbocycles. The van der Waals surface area contributed by atoms with Crippen LogP contribution in [0.4, 0.5) is 5.13 Å². The third-order valence-corrected chi connectivity index (χ3v) is 7.01. The summed E-state index contributed by atoms with van der Waals surface area (Å²) >= 11 is 3.03. The number of carbonyl (C=O) groups excluding carboxylic acids is 1. The van der Waals surface area contributed by atoms with Gasteiger partial charge in [0.15, 0.2) is 4.34 Å². The Kier molecular flexibility index (Phi) is 7.52. The van der Waals surface area contributed by atoms with Gasteiger partial charge in [-0.3, -0.25) is 4.79 Å². The van der Waals surface area contributed by atoms with E-state index in [0.29, 0.717) is 6.04 Å². The van der Waals surface area contributed by atoms with Crippen LogP contribution >= 0.6 is 23.1 Å². The smallest absolute Gasteiger partial charge is 0.236 e. The number of aromatic nitrogens is 2. The van der Waals surface area contributed by atoms with Crippen molar-refractivity contribution in [2.24, 2.45) is 0 Å². The maximum absolute atomic E-state index is 12.9. The molecule has 27 heavy (non-hydrogen) atoms. The number of hydrogen-bond acceptors (Lipinski definition) is 6. The van der Waals surface area contributed by atoms with Crippen LogP contribution in [-0.2, 0) is 11.3 Å². The molecule has 1 aromatic carbocycles. The first-order valence-corrected chi connectivity index (χ1v) is 11.5. The maximum atomic E-state index is 12.9. The minimum absolute atomic E-state index is 0.137. The summed E-state index contributed by atoms with van der Waals surface area (Å²) in [5.41, 5.74) is 1.21. The Morgan fingerprint density at radius 1 is 1.26 bits per heavy atom. The molecule has 1 N–H and O–H groups in total. The van der Waals surface area contributed by atoms with Gasteiger partial charge in [-0.25, -0.2) is 0 Å². The molecule has 1 aromatic heterocycles. The van der Waals surface area contributed by atoms with Crippen molar-refractivity contribution in [1.82, 2.24) is 15.1 Å². The summed E-state index contributed by atoms with van der Waals surface area (Å²) in [5.74, 6) is 0.225. The Labute approximate surface area is 170 Å². The predicted octanol–water partition coefficient (Wildman–Crippen LogP) is 4.81. The second-order valence-electron chi connectivity index (χ2n) is 6.89. The van der Waals surface area contributed by atoms with E-state index < -0.39 is 0 Å². The highest BCUT2D eigenvalue weighted by molar-refractivity contribution is 8.02. The molecule has 0 radical (unpaired) electrons. The average Bonchev–Trinajstić information content (AvgIpc) is 3.16. The Bertz CT molecular complexity index is 716. The number of hydrogen-bond donors (Lipinski definition) is 1. The van der Waals surface area contributed by atoms with Crippen LogP contribution in [0.3, 0.4) is 0 Å². The van der Waals surface area contributed by atoms with Crippen LogP contribution in [-0.4, -0.2) is 38.8 Å². The molecule has 0 spiro atoms. The van der Waals surface area contributed by atoms with Crippen LogP contribution < -0.4 is 5.32 Å². The summed E-state index contributed by atoms with van der Waals surface area (Å²) < 4.78 is 0.839. The normalized spacial score (nSPS) is 16.1. The van der Waals surface area contributed by atoms with Gasteiger partial charge in [0.25, 0.3) is 0 Å². The van der Waals surface area contributed by atoms with Crippen molar-refractivity contribution in [2.45, 2.75) is 68.1 Å². The van der Waals surface area contributed by atoms with Gasteiger partial charge in [-0.05, 0) is 32.3 Å². The van der Waals surface area contributed by atoms with Crippen LogP contribution in [0.15, 0.2) is 34.7 Å². The Morgan fingerprint density at radius 2 is 2.00 bits per heavy atom. The monoisotopic (exact) mass is 404 g/mol. The molecule has 0 saturated heterocycles. The fourth-order valence-electron chi connectivity index (χ4n) is 3.52. The first-order valence-electron chi connectivity index (χ1n) is 9.75. The number of nitrogens with one attached hydrogen (secondary N) is 1. The number of rotatable bonds is 8. The van der Waals surface area contributed by atoms with Crippen molar-refractivity contribution in [2.75, 3.05) is 11.9 Å². The quantitative estimate of drug-likeness (QED) is 0.640. The van der Waals surface area contributed by atoms with Crippen LogP contribution in [0, 0.1) is 0 Å². The van der Waals surface area contributed by atoms with Gasteiger partial charge in [0, 0.05) is 19.1 Å². The largest absolute Gasteiger partial charge is 0.356 e. The second kappa shape index (κ2) is 10.1. The zero-order chi connectivity index (χ0) is 19.1. The zero-order valence-corrected chi connectivity index (χ0v) is 17.7. The molecule has 1 aliphatic rings. The van der Waals surface area contributed by atoms with E-state index in [-0.39, 0.29) is 11.2 Å². The molecular weight excluding hydrogens is 376 g/mol. The summed E-state index contributed by atoms with van der Waals surface area (Å²) in [6.45, 7) is 5.58. The Morgan fingerprint density at radius 3 is 2.70 bits per heavy atom. The van der Waals surface area contributed by atoms with Crippen molar-refractivity contribution in [3.8, 4) is 0 Å². The number of carbonyl (C=O) groups is 1. The van der Waals surface area contributed by atoms with Gasteiger partial charge in [0.2, 0.25) is 11.0 Å². The number of amides is 1. The van der Waals surface area contributed by atoms with Gasteiger partial charge in [-0.2, -0.15) is 0 Å². The van der Waals surface area contributed by atoms with E-state index >= 15 is 0 Å². The van der Waals surface area contributed by atoms with Crippen LogP contribution in [0.5, 0.6) is 0 Å². The Balaban J connectivity index is 1.53. The lowest BCUT2D eigenvalue weighted by Gasteiger charge is -2.35. The van der Waals surface area contributed by atoms with Crippen molar-refractivity contribution >= 4 is 34.1 Å². The van der Waals surface area contributed by atoms with E-state index in [1.165, 1.54) is 47.9 Å². The van der Waals surface area contributed by atoms with Crippen molar-refractivity contribution in [3.05, 3.63) is 35.9 Å². The molecule has 5 nitrogen and oxygen atoms in total. The molecule has 3 rings (SSSR count). The summed E-state index contributed by atoms with van der Waals surface area (Å²) in [5, 5.41) is 12.4. The van der Waals surface area contributed by atoms with E-state index in [9.17, 15) is 4.79 Å². The number of nitrogens with zero attached hydrogens (tertiary/aromatic N) is 3. The first kappa shape index (κ1) is 20.1.